The summed E-state index contributed by atoms with van der Waals surface area (Å²) in [7, 11) is 0. The maximum atomic E-state index is 13.4. The van der Waals surface area contributed by atoms with Gasteiger partial charge < -0.3 is 30.0 Å². The van der Waals surface area contributed by atoms with Crippen molar-refractivity contribution in [1.82, 2.24) is 15.3 Å². The Bertz CT molecular complexity index is 1190. The second-order valence-electron chi connectivity index (χ2n) is 6.82. The third kappa shape index (κ3) is 3.87. The monoisotopic (exact) mass is 434 g/mol. The predicted octanol–water partition coefficient (Wildman–Crippen LogP) is 2.00. The summed E-state index contributed by atoms with van der Waals surface area (Å²) in [6.07, 6.45) is -1.19. The van der Waals surface area contributed by atoms with Crippen LogP contribution >= 0.6 is 11.6 Å². The Hall–Kier alpha value is -3.37. The number of carbonyl (C=O) groups excluding carboxylic acids is 2. The van der Waals surface area contributed by atoms with Crippen molar-refractivity contribution in [3.63, 3.8) is 0 Å². The fourth-order valence-electron chi connectivity index (χ4n) is 3.29. The number of alkyl carbamates (subject to hydrolysis) is 1. The van der Waals surface area contributed by atoms with Crippen LogP contribution in [0.25, 0.3) is 11.0 Å². The molecular weight excluding hydrogens is 419 g/mol. The molecule has 2 amide bonds. The van der Waals surface area contributed by atoms with E-state index in [1.54, 1.807) is 18.2 Å². The molecule has 30 heavy (non-hydrogen) atoms. The number of H-pyrrole nitrogens is 2. The average Bonchev–Trinajstić information content (AvgIpc) is 3.18. The van der Waals surface area contributed by atoms with Crippen molar-refractivity contribution in [3.8, 4) is 0 Å². The number of rotatable bonds is 4. The first-order chi connectivity index (χ1) is 14.2. The lowest BCUT2D eigenvalue weighted by Crippen LogP contribution is -2.46. The normalized spacial score (nSPS) is 18.8. The molecule has 1 fully saturated rings. The van der Waals surface area contributed by atoms with Crippen LogP contribution in [-0.4, -0.2) is 39.4 Å². The summed E-state index contributed by atoms with van der Waals surface area (Å²) < 4.78 is 18.3. The summed E-state index contributed by atoms with van der Waals surface area (Å²) in [5.74, 6) is -3.72. The number of nitrogens with zero attached hydrogens (tertiary/aromatic N) is 1. The number of hydrogen-bond donors (Lipinski definition) is 4. The van der Waals surface area contributed by atoms with Crippen molar-refractivity contribution >= 4 is 40.3 Å². The lowest BCUT2D eigenvalue weighted by Gasteiger charge is -2.22. The molecule has 4 rings (SSSR count). The molecule has 0 unspecified atom stereocenters. The highest BCUT2D eigenvalue weighted by Gasteiger charge is 2.49. The molecule has 156 valence electrons. The maximum absolute atomic E-state index is 13.4. The number of hydrogen-bond acceptors (Lipinski definition) is 5. The van der Waals surface area contributed by atoms with Gasteiger partial charge in [-0.3, -0.25) is 4.79 Å². The zero-order valence-corrected chi connectivity index (χ0v) is 16.1. The van der Waals surface area contributed by atoms with E-state index in [2.05, 4.69) is 15.3 Å². The molecule has 1 aliphatic rings. The number of aromatic nitrogens is 2. The molecule has 1 aliphatic heterocycles. The van der Waals surface area contributed by atoms with Crippen molar-refractivity contribution < 1.29 is 23.8 Å². The number of anilines is 1. The van der Waals surface area contributed by atoms with Crippen molar-refractivity contribution in [2.45, 2.75) is 18.8 Å². The number of ether oxygens (including phenoxy) is 1. The molecule has 1 saturated heterocycles. The number of benzene rings is 2. The van der Waals surface area contributed by atoms with Gasteiger partial charge in [-0.15, -0.1) is 0 Å². The van der Waals surface area contributed by atoms with E-state index in [4.69, 9.17) is 16.3 Å². The third-order valence-electron chi connectivity index (χ3n) is 4.69. The quantitative estimate of drug-likeness (QED) is 0.467. The van der Waals surface area contributed by atoms with Crippen molar-refractivity contribution in [3.05, 3.63) is 63.3 Å². The largest absolute Gasteiger partial charge is 0.410 e. The molecule has 4 N–H and O–H groups in total. The number of amides is 2. The van der Waals surface area contributed by atoms with E-state index in [0.717, 1.165) is 6.07 Å². The van der Waals surface area contributed by atoms with E-state index in [0.29, 0.717) is 22.3 Å². The minimum Gasteiger partial charge on any atom is -0.407 e. The van der Waals surface area contributed by atoms with E-state index < -0.39 is 23.6 Å². The number of halogens is 2. The number of imidazole rings is 1. The van der Waals surface area contributed by atoms with Gasteiger partial charge in [-0.2, -0.15) is 0 Å². The lowest BCUT2D eigenvalue weighted by molar-refractivity contribution is -0.175. The molecular formula is C19H16ClFN4O5. The first-order valence-corrected chi connectivity index (χ1v) is 9.29. The number of nitrogens with one attached hydrogen (secondary N) is 3. The van der Waals surface area contributed by atoms with E-state index in [1.807, 2.05) is 0 Å². The number of carbonyl (C=O) groups is 2. The molecule has 11 heteroatoms. The number of fused-ring (bicyclic) bond motifs is 1. The molecule has 3 aromatic rings. The van der Waals surface area contributed by atoms with Crippen LogP contribution in [0.15, 0.2) is 41.2 Å². The van der Waals surface area contributed by atoms with Crippen molar-refractivity contribution in [2.24, 2.45) is 0 Å². The highest BCUT2D eigenvalue weighted by atomic mass is 35.5. The number of aliphatic hydroxyl groups is 1. The molecule has 0 bridgehead atoms. The summed E-state index contributed by atoms with van der Waals surface area (Å²) in [6.45, 7) is -0.00982. The van der Waals surface area contributed by atoms with E-state index in [-0.39, 0.29) is 30.2 Å². The van der Waals surface area contributed by atoms with Crippen LogP contribution in [-0.2, 0) is 16.1 Å². The Labute approximate surface area is 173 Å². The molecule has 2 heterocycles. The molecule has 0 radical (unpaired) electrons. The van der Waals surface area contributed by atoms with Gasteiger partial charge in [0.1, 0.15) is 5.82 Å². The van der Waals surface area contributed by atoms with Gasteiger partial charge in [-0.05, 0) is 42.0 Å². The summed E-state index contributed by atoms with van der Waals surface area (Å²) >= 11 is 5.76. The Balaban J connectivity index is 1.43. The molecule has 0 spiro atoms. The number of aromatic amines is 2. The highest BCUT2D eigenvalue weighted by Crippen LogP contribution is 2.30. The minimum atomic E-state index is -2.34. The van der Waals surface area contributed by atoms with Gasteiger partial charge in [-0.1, -0.05) is 11.6 Å². The highest BCUT2D eigenvalue weighted by molar-refractivity contribution is 6.30. The molecule has 1 atom stereocenters. The predicted molar refractivity (Wildman–Crippen MR) is 106 cm³/mol. The smallest absolute Gasteiger partial charge is 0.407 e. The molecule has 1 aromatic heterocycles. The van der Waals surface area contributed by atoms with Gasteiger partial charge in [-0.25, -0.2) is 14.0 Å². The van der Waals surface area contributed by atoms with E-state index in [1.165, 1.54) is 17.0 Å². The fraction of sp³-hybridized carbons (Fsp3) is 0.211. The topological polar surface area (TPSA) is 128 Å². The standard InChI is InChI=1S/C19H16ClFN4O5/c20-11-5-10(6-12(21)7-11)9-22-18(28)30-19(29)3-4-25(16(19)26)13-1-2-14-15(8-13)24-17(27)23-14/h1-2,5-8,29H,3-4,9H2,(H,22,28)(H2,23,24,27)/t19-/m0/s1. The Kier molecular flexibility index (Phi) is 4.96. The first kappa shape index (κ1) is 19.9. The second-order valence-corrected chi connectivity index (χ2v) is 7.26. The van der Waals surface area contributed by atoms with Gasteiger partial charge in [0.05, 0.1) is 11.0 Å². The van der Waals surface area contributed by atoms with Gasteiger partial charge in [0.2, 0.25) is 0 Å². The lowest BCUT2D eigenvalue weighted by atomic mass is 10.2. The molecule has 9 nitrogen and oxygen atoms in total. The van der Waals surface area contributed by atoms with Gasteiger partial charge in [0.15, 0.2) is 0 Å². The summed E-state index contributed by atoms with van der Waals surface area (Å²) in [5.41, 5.74) is 1.49. The van der Waals surface area contributed by atoms with Crippen LogP contribution in [0.1, 0.15) is 12.0 Å². The maximum Gasteiger partial charge on any atom is 0.410 e. The van der Waals surface area contributed by atoms with E-state index in [9.17, 15) is 23.9 Å². The van der Waals surface area contributed by atoms with E-state index >= 15 is 0 Å². The molecule has 0 aliphatic carbocycles. The summed E-state index contributed by atoms with van der Waals surface area (Å²) in [6, 6.07) is 8.56. The molecule has 2 aromatic carbocycles. The van der Waals surface area contributed by atoms with Gasteiger partial charge >= 0.3 is 11.8 Å². The zero-order valence-electron chi connectivity index (χ0n) is 15.4. The Morgan fingerprint density at radius 1 is 1.23 bits per heavy atom. The first-order valence-electron chi connectivity index (χ1n) is 8.92. The Morgan fingerprint density at radius 3 is 2.77 bits per heavy atom. The Morgan fingerprint density at radius 2 is 2.00 bits per heavy atom. The third-order valence-corrected chi connectivity index (χ3v) is 4.90. The SMILES string of the molecule is O=C(NCc1cc(F)cc(Cl)c1)O[C@@]1(O)CCN(c2ccc3[nH]c(=O)[nH]c3c2)C1=O. The average molecular weight is 435 g/mol. The second kappa shape index (κ2) is 7.47. The van der Waals surface area contributed by atoms with Crippen LogP contribution in [0.5, 0.6) is 0 Å². The fourth-order valence-corrected chi connectivity index (χ4v) is 3.53. The summed E-state index contributed by atoms with van der Waals surface area (Å²) in [5, 5.41) is 13.1. The van der Waals surface area contributed by atoms with Crippen LogP contribution in [0, 0.1) is 5.82 Å². The zero-order chi connectivity index (χ0) is 21.5. The van der Waals surface area contributed by atoms with Crippen molar-refractivity contribution in [2.75, 3.05) is 11.4 Å². The minimum absolute atomic E-state index is 0.0995. The summed E-state index contributed by atoms with van der Waals surface area (Å²) in [4.78, 5) is 42.6. The van der Waals surface area contributed by atoms with Crippen LogP contribution < -0.4 is 15.9 Å². The van der Waals surface area contributed by atoms with Gasteiger partial charge in [0.25, 0.3) is 11.7 Å². The van der Waals surface area contributed by atoms with Crippen LogP contribution in [0.3, 0.4) is 0 Å². The molecule has 0 saturated carbocycles. The van der Waals surface area contributed by atoms with Crippen LogP contribution in [0.2, 0.25) is 5.02 Å². The van der Waals surface area contributed by atoms with Crippen LogP contribution in [0.4, 0.5) is 14.9 Å². The van der Waals surface area contributed by atoms with Gasteiger partial charge in [0, 0.05) is 30.2 Å². The van der Waals surface area contributed by atoms with Crippen molar-refractivity contribution in [1.29, 1.82) is 0 Å².